The molecule has 2 rings (SSSR count). The number of halogens is 1. The molecule has 17 heavy (non-hydrogen) atoms. The van der Waals surface area contributed by atoms with Crippen LogP contribution < -0.4 is 0 Å². The molecule has 0 bridgehead atoms. The Morgan fingerprint density at radius 2 is 1.88 bits per heavy atom. The zero-order valence-electron chi connectivity index (χ0n) is 9.43. The van der Waals surface area contributed by atoms with Crippen molar-refractivity contribution < 1.29 is 9.90 Å². The molecule has 0 aromatic heterocycles. The first-order valence-electron chi connectivity index (χ1n) is 5.80. The van der Waals surface area contributed by atoms with E-state index in [0.29, 0.717) is 5.25 Å². The molecule has 1 saturated carbocycles. The van der Waals surface area contributed by atoms with E-state index in [0.717, 1.165) is 22.9 Å². The number of rotatable bonds is 4. The van der Waals surface area contributed by atoms with Gasteiger partial charge in [0.1, 0.15) is 5.25 Å². The van der Waals surface area contributed by atoms with Crippen LogP contribution in [0.25, 0.3) is 0 Å². The van der Waals surface area contributed by atoms with Crippen LogP contribution >= 0.6 is 27.7 Å². The number of carboxylic acids is 1. The smallest absolute Gasteiger partial charge is 0.321 e. The van der Waals surface area contributed by atoms with Gasteiger partial charge < -0.3 is 5.11 Å². The van der Waals surface area contributed by atoms with Gasteiger partial charge in [-0.05, 0) is 30.5 Å². The molecule has 1 aliphatic carbocycles. The van der Waals surface area contributed by atoms with Crippen LogP contribution in [-0.4, -0.2) is 16.3 Å². The van der Waals surface area contributed by atoms with E-state index in [1.165, 1.54) is 12.8 Å². The third-order valence-corrected chi connectivity index (χ3v) is 5.16. The van der Waals surface area contributed by atoms with Crippen LogP contribution in [-0.2, 0) is 4.79 Å². The van der Waals surface area contributed by atoms with Gasteiger partial charge in [0.2, 0.25) is 0 Å². The molecule has 1 N–H and O–H groups in total. The second-order valence-electron chi connectivity index (χ2n) is 4.31. The Morgan fingerprint density at radius 1 is 1.29 bits per heavy atom. The molecule has 0 saturated heterocycles. The molecule has 0 heterocycles. The van der Waals surface area contributed by atoms with Gasteiger partial charge in [0.25, 0.3) is 0 Å². The number of thioether (sulfide) groups is 1. The van der Waals surface area contributed by atoms with Gasteiger partial charge in [-0.15, -0.1) is 11.8 Å². The standard InChI is InChI=1S/C13H15BrO2S/c14-10-7-5-9(6-8-10)12(13(15)16)17-11-3-1-2-4-11/h5-8,11-12H,1-4H2,(H,15,16)/t12-/m0/s1. The second-order valence-corrected chi connectivity index (χ2v) is 6.64. The maximum absolute atomic E-state index is 11.3. The molecule has 4 heteroatoms. The van der Waals surface area contributed by atoms with E-state index >= 15 is 0 Å². The summed E-state index contributed by atoms with van der Waals surface area (Å²) >= 11 is 4.97. The summed E-state index contributed by atoms with van der Waals surface area (Å²) in [6, 6.07) is 7.59. The summed E-state index contributed by atoms with van der Waals surface area (Å²) in [5.41, 5.74) is 0.887. The van der Waals surface area contributed by atoms with Crippen LogP contribution in [0.3, 0.4) is 0 Å². The van der Waals surface area contributed by atoms with Crippen molar-refractivity contribution in [2.24, 2.45) is 0 Å². The third kappa shape index (κ3) is 3.49. The summed E-state index contributed by atoms with van der Waals surface area (Å²) in [5, 5.41) is 9.41. The van der Waals surface area contributed by atoms with Gasteiger partial charge in [-0.2, -0.15) is 0 Å². The van der Waals surface area contributed by atoms with Crippen LogP contribution in [0, 0.1) is 0 Å². The fraction of sp³-hybridized carbons (Fsp3) is 0.462. The van der Waals surface area contributed by atoms with Crippen molar-refractivity contribution in [1.29, 1.82) is 0 Å². The lowest BCUT2D eigenvalue weighted by Crippen LogP contribution is -2.11. The highest BCUT2D eigenvalue weighted by Gasteiger charge is 2.26. The van der Waals surface area contributed by atoms with Crippen molar-refractivity contribution in [3.05, 3.63) is 34.3 Å². The molecule has 1 aliphatic rings. The minimum Gasteiger partial charge on any atom is -0.480 e. The van der Waals surface area contributed by atoms with Gasteiger partial charge in [0, 0.05) is 9.72 Å². The molecular formula is C13H15BrO2S. The summed E-state index contributed by atoms with van der Waals surface area (Å²) in [5.74, 6) is -0.732. The summed E-state index contributed by atoms with van der Waals surface area (Å²) in [6.07, 6.45) is 4.80. The van der Waals surface area contributed by atoms with E-state index in [1.807, 2.05) is 24.3 Å². The summed E-state index contributed by atoms with van der Waals surface area (Å²) in [6.45, 7) is 0. The Morgan fingerprint density at radius 3 is 2.41 bits per heavy atom. The number of aliphatic carboxylic acids is 1. The van der Waals surface area contributed by atoms with Crippen molar-refractivity contribution in [3.8, 4) is 0 Å². The van der Waals surface area contributed by atoms with Crippen molar-refractivity contribution in [1.82, 2.24) is 0 Å². The molecule has 1 fully saturated rings. The lowest BCUT2D eigenvalue weighted by molar-refractivity contribution is -0.136. The van der Waals surface area contributed by atoms with E-state index in [4.69, 9.17) is 0 Å². The van der Waals surface area contributed by atoms with Gasteiger partial charge in [-0.3, -0.25) is 4.79 Å². The summed E-state index contributed by atoms with van der Waals surface area (Å²) < 4.78 is 0.983. The molecule has 1 atom stereocenters. The molecule has 0 unspecified atom stereocenters. The fourth-order valence-corrected chi connectivity index (χ4v) is 3.82. The lowest BCUT2D eigenvalue weighted by Gasteiger charge is -2.16. The number of benzene rings is 1. The Bertz CT molecular complexity index is 385. The molecule has 2 nitrogen and oxygen atoms in total. The van der Waals surface area contributed by atoms with Gasteiger partial charge >= 0.3 is 5.97 Å². The Hall–Kier alpha value is -0.480. The Balaban J connectivity index is 2.10. The molecule has 1 aromatic carbocycles. The van der Waals surface area contributed by atoms with Crippen LogP contribution in [0.4, 0.5) is 0 Å². The van der Waals surface area contributed by atoms with Crippen molar-refractivity contribution in [3.63, 3.8) is 0 Å². The van der Waals surface area contributed by atoms with Crippen molar-refractivity contribution in [2.75, 3.05) is 0 Å². The van der Waals surface area contributed by atoms with Crippen LogP contribution in [0.5, 0.6) is 0 Å². The normalized spacial score (nSPS) is 18.2. The number of carboxylic acid groups (broad SMARTS) is 1. The van der Waals surface area contributed by atoms with Gasteiger partial charge in [0.05, 0.1) is 0 Å². The largest absolute Gasteiger partial charge is 0.480 e. The second kappa shape index (κ2) is 5.91. The molecule has 1 aromatic rings. The van der Waals surface area contributed by atoms with E-state index in [-0.39, 0.29) is 0 Å². The highest BCUT2D eigenvalue weighted by Crippen LogP contribution is 2.39. The molecule has 0 spiro atoms. The predicted molar refractivity (Wildman–Crippen MR) is 74.4 cm³/mol. The number of carbonyl (C=O) groups is 1. The first kappa shape index (κ1) is 13.0. The molecular weight excluding hydrogens is 300 g/mol. The minimum absolute atomic E-state index is 0.425. The first-order valence-corrected chi connectivity index (χ1v) is 7.54. The van der Waals surface area contributed by atoms with Crippen molar-refractivity contribution >= 4 is 33.7 Å². The molecule has 0 radical (unpaired) electrons. The van der Waals surface area contributed by atoms with E-state index < -0.39 is 11.2 Å². The zero-order valence-corrected chi connectivity index (χ0v) is 11.8. The highest BCUT2D eigenvalue weighted by molar-refractivity contribution is 9.10. The fourth-order valence-electron chi connectivity index (χ4n) is 2.13. The summed E-state index contributed by atoms with van der Waals surface area (Å²) in [7, 11) is 0. The van der Waals surface area contributed by atoms with E-state index in [2.05, 4.69) is 15.9 Å². The van der Waals surface area contributed by atoms with Crippen LogP contribution in [0.2, 0.25) is 0 Å². The average molecular weight is 315 g/mol. The predicted octanol–water partition coefficient (Wildman–Crippen LogP) is 4.25. The lowest BCUT2D eigenvalue weighted by atomic mass is 10.1. The quantitative estimate of drug-likeness (QED) is 0.902. The number of hydrogen-bond donors (Lipinski definition) is 1. The van der Waals surface area contributed by atoms with Crippen molar-refractivity contribution in [2.45, 2.75) is 36.2 Å². The zero-order chi connectivity index (χ0) is 12.3. The first-order chi connectivity index (χ1) is 8.16. The minimum atomic E-state index is -0.732. The Labute approximate surface area is 114 Å². The SMILES string of the molecule is O=C(O)[C@@H](SC1CCCC1)c1ccc(Br)cc1. The molecule has 0 amide bonds. The van der Waals surface area contributed by atoms with Gasteiger partial charge in [-0.1, -0.05) is 40.9 Å². The van der Waals surface area contributed by atoms with Gasteiger partial charge in [0.15, 0.2) is 0 Å². The molecule has 92 valence electrons. The Kier molecular flexibility index (Phi) is 4.51. The topological polar surface area (TPSA) is 37.3 Å². The monoisotopic (exact) mass is 314 g/mol. The van der Waals surface area contributed by atoms with E-state index in [1.54, 1.807) is 11.8 Å². The molecule has 0 aliphatic heterocycles. The van der Waals surface area contributed by atoms with Crippen LogP contribution in [0.1, 0.15) is 36.5 Å². The third-order valence-electron chi connectivity index (χ3n) is 3.03. The maximum atomic E-state index is 11.3. The van der Waals surface area contributed by atoms with E-state index in [9.17, 15) is 9.90 Å². The number of hydrogen-bond acceptors (Lipinski definition) is 2. The van der Waals surface area contributed by atoms with Gasteiger partial charge in [-0.25, -0.2) is 0 Å². The average Bonchev–Trinajstić information content (AvgIpc) is 2.80. The van der Waals surface area contributed by atoms with Crippen LogP contribution in [0.15, 0.2) is 28.7 Å². The maximum Gasteiger partial charge on any atom is 0.321 e. The summed E-state index contributed by atoms with van der Waals surface area (Å²) in [4.78, 5) is 11.3. The highest BCUT2D eigenvalue weighted by atomic mass is 79.9.